The standard InChI is InChI=1S/C29H34F2N4O4S.C23H21F3N2O4S.4H2/c1-17(2)16-39-21-12-19(11-20(30)13-21)22-9-10-23(27(26(22)31)35-15-18(3)14-29(35,4)5)28(36)34-40(37,38)25-8-6-7-24(32)33-25;1-13(2)11-32-16-9-14(8-15(24)10-16)17-6-7-18(23(26)22(17)25)19(29)12-33(30,31)21-5-3-4-20(27)28-21;;;;/h6-13,17-18H,14-16H2,1-5H3,(H2,32,33)(H,34,36);3-10,13H,11-12H2,1-2H3,(H2,27,28);4*1H/t18-;;;;;/m0...../s1. The zero-order valence-electron chi connectivity index (χ0n) is 41.0. The van der Waals surface area contributed by atoms with E-state index in [4.69, 9.17) is 20.9 Å². The largest absolute Gasteiger partial charge is 0.493 e. The van der Waals surface area contributed by atoms with Crippen LogP contribution in [0.25, 0.3) is 22.3 Å². The smallest absolute Gasteiger partial charge is 0.281 e. The maximum absolute atomic E-state index is 16.5. The highest BCUT2D eigenvalue weighted by atomic mass is 32.2. The molecule has 21 heteroatoms. The van der Waals surface area contributed by atoms with E-state index in [1.54, 1.807) is 11.0 Å². The van der Waals surface area contributed by atoms with Crippen LogP contribution in [0.4, 0.5) is 39.3 Å². The number of Topliss-reactive ketones (excluding diaryl/α,β-unsaturated/α-hetero) is 1. The Bertz CT molecular complexity index is 3310. The van der Waals surface area contributed by atoms with Crippen LogP contribution in [-0.4, -0.2) is 69.5 Å². The second-order valence-electron chi connectivity index (χ2n) is 19.0. The highest BCUT2D eigenvalue weighted by Crippen LogP contribution is 2.43. The first-order valence-electron chi connectivity index (χ1n) is 22.9. The van der Waals surface area contributed by atoms with Gasteiger partial charge in [-0.05, 0) is 110 Å². The Labute approximate surface area is 426 Å². The number of hydrogen-bond acceptors (Lipinski definition) is 13. The lowest BCUT2D eigenvalue weighted by Crippen LogP contribution is -2.41. The molecule has 0 radical (unpaired) electrons. The van der Waals surface area contributed by atoms with Crippen LogP contribution >= 0.6 is 0 Å². The number of anilines is 3. The molecule has 1 atom stereocenters. The minimum absolute atomic E-state index is 0. The highest BCUT2D eigenvalue weighted by molar-refractivity contribution is 7.92. The zero-order valence-corrected chi connectivity index (χ0v) is 42.6. The van der Waals surface area contributed by atoms with Gasteiger partial charge in [-0.15, -0.1) is 0 Å². The predicted molar refractivity (Wildman–Crippen MR) is 276 cm³/mol. The molecule has 1 aliphatic rings. The van der Waals surface area contributed by atoms with E-state index in [0.717, 1.165) is 36.8 Å². The first-order valence-corrected chi connectivity index (χ1v) is 26.0. The van der Waals surface area contributed by atoms with E-state index in [1.807, 2.05) is 53.2 Å². The molecule has 5 N–H and O–H groups in total. The van der Waals surface area contributed by atoms with E-state index in [2.05, 4.69) is 9.97 Å². The number of nitrogens with zero attached hydrogens (tertiary/aromatic N) is 3. The molecule has 0 spiro atoms. The zero-order chi connectivity index (χ0) is 53.7. The van der Waals surface area contributed by atoms with Gasteiger partial charge < -0.3 is 25.8 Å². The predicted octanol–water partition coefficient (Wildman–Crippen LogP) is 10.8. The molecule has 0 bridgehead atoms. The van der Waals surface area contributed by atoms with Crippen molar-refractivity contribution in [1.82, 2.24) is 14.7 Å². The van der Waals surface area contributed by atoms with Gasteiger partial charge in [-0.25, -0.2) is 45.1 Å². The van der Waals surface area contributed by atoms with E-state index in [1.165, 1.54) is 60.7 Å². The molecule has 2 aromatic heterocycles. The van der Waals surface area contributed by atoms with Gasteiger partial charge in [0.05, 0.1) is 30.0 Å². The fraction of sp³-hybridized carbons (Fsp3) is 0.308. The first-order chi connectivity index (χ1) is 34.1. The quantitative estimate of drug-likeness (QED) is 0.0608. The molecule has 0 unspecified atom stereocenters. The minimum Gasteiger partial charge on any atom is -0.493 e. The number of sulfone groups is 1. The summed E-state index contributed by atoms with van der Waals surface area (Å²) in [5, 5.41) is -0.898. The van der Waals surface area contributed by atoms with E-state index in [9.17, 15) is 44.0 Å². The average Bonchev–Trinajstić information content (AvgIpc) is 3.58. The Morgan fingerprint density at radius 3 is 1.70 bits per heavy atom. The van der Waals surface area contributed by atoms with Crippen molar-refractivity contribution in [1.29, 1.82) is 0 Å². The lowest BCUT2D eigenvalue weighted by molar-refractivity contribution is 0.0979. The molecule has 396 valence electrons. The summed E-state index contributed by atoms with van der Waals surface area (Å²) in [5.74, 6) is -7.54. The summed E-state index contributed by atoms with van der Waals surface area (Å²) in [6.45, 7) is 14.7. The molecule has 14 nitrogen and oxygen atoms in total. The van der Waals surface area contributed by atoms with Crippen LogP contribution in [0.2, 0.25) is 0 Å². The molecule has 7 rings (SSSR count). The molecule has 1 saturated heterocycles. The van der Waals surface area contributed by atoms with Gasteiger partial charge in [0, 0.05) is 41.0 Å². The second-order valence-corrected chi connectivity index (χ2v) is 22.6. The number of halogens is 5. The summed E-state index contributed by atoms with van der Waals surface area (Å²) in [6.07, 6.45) is 0.719. The number of carbonyl (C=O) groups excluding carboxylic acids is 2. The third-order valence-corrected chi connectivity index (χ3v) is 14.0. The fourth-order valence-electron chi connectivity index (χ4n) is 8.07. The number of nitrogens with one attached hydrogen (secondary N) is 1. The number of pyridine rings is 2. The highest BCUT2D eigenvalue weighted by Gasteiger charge is 2.40. The van der Waals surface area contributed by atoms with E-state index in [0.29, 0.717) is 19.8 Å². The van der Waals surface area contributed by atoms with Crippen molar-refractivity contribution in [3.05, 3.63) is 137 Å². The molecule has 0 saturated carbocycles. The van der Waals surface area contributed by atoms with Crippen LogP contribution in [0.5, 0.6) is 11.5 Å². The molecular formula is C52H63F5N6O8S2. The van der Waals surface area contributed by atoms with Crippen LogP contribution in [-0.2, 0) is 19.9 Å². The average molecular weight is 1060 g/mol. The van der Waals surface area contributed by atoms with Crippen molar-refractivity contribution in [2.75, 3.05) is 41.9 Å². The summed E-state index contributed by atoms with van der Waals surface area (Å²) in [7, 11) is -8.65. The van der Waals surface area contributed by atoms with Gasteiger partial charge in [-0.3, -0.25) is 9.59 Å². The van der Waals surface area contributed by atoms with E-state index < -0.39 is 87.5 Å². The summed E-state index contributed by atoms with van der Waals surface area (Å²) in [6, 6.07) is 20.0. The molecule has 6 aromatic rings. The number of aromatic nitrogens is 2. The number of nitrogen functional groups attached to an aromatic ring is 2. The van der Waals surface area contributed by atoms with E-state index >= 15 is 4.39 Å². The molecule has 0 aliphatic carbocycles. The van der Waals surface area contributed by atoms with Crippen LogP contribution < -0.4 is 30.6 Å². The number of ether oxygens (including phenoxy) is 2. The molecule has 73 heavy (non-hydrogen) atoms. The van der Waals surface area contributed by atoms with Crippen molar-refractivity contribution in [2.45, 2.75) is 70.5 Å². The normalized spacial score (nSPS) is 14.4. The lowest BCUT2D eigenvalue weighted by Gasteiger charge is -2.35. The summed E-state index contributed by atoms with van der Waals surface area (Å²) < 4.78 is 139. The monoisotopic (exact) mass is 1060 g/mol. The topological polar surface area (TPSA) is 214 Å². The second kappa shape index (κ2) is 22.3. The Kier molecular flexibility index (Phi) is 16.9. The van der Waals surface area contributed by atoms with Crippen LogP contribution in [0.15, 0.2) is 107 Å². The molecular weight excluding hydrogens is 996 g/mol. The third-order valence-electron chi connectivity index (χ3n) is 11.2. The Balaban J connectivity index is 0.000000509. The summed E-state index contributed by atoms with van der Waals surface area (Å²) >= 11 is 0. The van der Waals surface area contributed by atoms with Gasteiger partial charge in [-0.1, -0.05) is 58.9 Å². The van der Waals surface area contributed by atoms with Gasteiger partial charge >= 0.3 is 0 Å². The number of benzene rings is 4. The van der Waals surface area contributed by atoms with Gasteiger partial charge in [0.2, 0.25) is 9.84 Å². The van der Waals surface area contributed by atoms with Crippen molar-refractivity contribution in [3.63, 3.8) is 0 Å². The molecule has 3 heterocycles. The number of sulfonamides is 1. The first kappa shape index (κ1) is 55.2. The maximum Gasteiger partial charge on any atom is 0.281 e. The Morgan fingerprint density at radius 2 is 1.21 bits per heavy atom. The van der Waals surface area contributed by atoms with Crippen LogP contribution in [0.3, 0.4) is 0 Å². The molecule has 4 aromatic carbocycles. The maximum atomic E-state index is 16.5. The number of carbonyl (C=O) groups is 2. The number of nitrogens with two attached hydrogens (primary N) is 2. The number of amides is 1. The molecule has 1 aliphatic heterocycles. The van der Waals surface area contributed by atoms with Gasteiger partial charge in [0.15, 0.2) is 33.3 Å². The van der Waals surface area contributed by atoms with Crippen LogP contribution in [0, 0.1) is 46.8 Å². The van der Waals surface area contributed by atoms with Crippen molar-refractivity contribution in [2.24, 2.45) is 17.8 Å². The number of hydrogen-bond donors (Lipinski definition) is 3. The minimum atomic E-state index is -4.41. The summed E-state index contributed by atoms with van der Waals surface area (Å²) in [4.78, 5) is 35.1. The van der Waals surface area contributed by atoms with Gasteiger partial charge in [0.1, 0.15) is 40.5 Å². The van der Waals surface area contributed by atoms with E-state index in [-0.39, 0.29) is 80.1 Å². The summed E-state index contributed by atoms with van der Waals surface area (Å²) in [5.41, 5.74) is 9.51. The van der Waals surface area contributed by atoms with Crippen molar-refractivity contribution >= 4 is 48.9 Å². The fourth-order valence-corrected chi connectivity index (χ4v) is 10.2. The van der Waals surface area contributed by atoms with Crippen molar-refractivity contribution in [3.8, 4) is 33.8 Å². The van der Waals surface area contributed by atoms with Crippen molar-refractivity contribution < 1.29 is 63.6 Å². The number of rotatable bonds is 16. The van der Waals surface area contributed by atoms with Gasteiger partial charge in [0.25, 0.3) is 15.9 Å². The van der Waals surface area contributed by atoms with Gasteiger partial charge in [-0.2, -0.15) is 8.42 Å². The van der Waals surface area contributed by atoms with Crippen LogP contribution in [0.1, 0.15) is 81.3 Å². The molecule has 1 amide bonds. The molecule has 1 fully saturated rings. The Morgan fingerprint density at radius 1 is 0.712 bits per heavy atom. The SMILES string of the molecule is CC(C)COc1cc(F)cc(-c2ccc(C(=O)CS(=O)(=O)c3cccc(N)n3)c(F)c2F)c1.CC(C)COc1cc(F)cc(-c2ccc(C(=O)NS(=O)(=O)c3cccc(N)n3)c(N3C[C@@H](C)CC3(C)C)c2F)c1.[HH].[HH].[HH].[HH]. The third kappa shape index (κ3) is 13.5. The lowest BCUT2D eigenvalue weighted by atomic mass is 9.95. The number of ketones is 1. The Hall–Kier alpha value is -7.13.